The van der Waals surface area contributed by atoms with Crippen LogP contribution in [0.4, 0.5) is 14.5 Å². The molecule has 0 unspecified atom stereocenters. The Morgan fingerprint density at radius 3 is 2.88 bits per heavy atom. The van der Waals surface area contributed by atoms with E-state index in [1.807, 2.05) is 6.92 Å². The zero-order chi connectivity index (χ0) is 18.5. The van der Waals surface area contributed by atoms with Crippen molar-refractivity contribution in [2.45, 2.75) is 19.8 Å². The molecule has 0 radical (unpaired) electrons. The fraction of sp³-hybridized carbons (Fsp3) is 0.263. The molecule has 0 aliphatic heterocycles. The predicted molar refractivity (Wildman–Crippen MR) is 95.8 cm³/mol. The standard InChI is InChI=1S/C19H19F2N3O2/c1-2-26-9-3-4-18(25)22-13-6-8-16-17(11-13)24-19(23-16)14-10-12(20)5-7-15(14)21/h5-8,10-11H,2-4,9H2,1H3,(H,22,25)(H,23,24). The molecule has 136 valence electrons. The number of anilines is 1. The molecule has 0 aliphatic carbocycles. The zero-order valence-corrected chi connectivity index (χ0v) is 14.3. The summed E-state index contributed by atoms with van der Waals surface area (Å²) in [5, 5.41) is 2.80. The molecule has 1 amide bonds. The van der Waals surface area contributed by atoms with Crippen molar-refractivity contribution in [3.63, 3.8) is 0 Å². The summed E-state index contributed by atoms with van der Waals surface area (Å²) >= 11 is 0. The van der Waals surface area contributed by atoms with Gasteiger partial charge in [-0.15, -0.1) is 0 Å². The van der Waals surface area contributed by atoms with Crippen molar-refractivity contribution in [1.82, 2.24) is 9.97 Å². The van der Waals surface area contributed by atoms with E-state index in [4.69, 9.17) is 4.74 Å². The number of fused-ring (bicyclic) bond motifs is 1. The number of hydrogen-bond acceptors (Lipinski definition) is 3. The number of H-pyrrole nitrogens is 1. The first-order valence-corrected chi connectivity index (χ1v) is 8.39. The number of carbonyl (C=O) groups is 1. The fourth-order valence-corrected chi connectivity index (χ4v) is 2.60. The molecule has 26 heavy (non-hydrogen) atoms. The van der Waals surface area contributed by atoms with Crippen LogP contribution < -0.4 is 5.32 Å². The van der Waals surface area contributed by atoms with Gasteiger partial charge in [-0.1, -0.05) is 0 Å². The first kappa shape index (κ1) is 18.0. The average molecular weight is 359 g/mol. The van der Waals surface area contributed by atoms with Gasteiger partial charge in [0.1, 0.15) is 17.5 Å². The minimum absolute atomic E-state index is 0.0581. The van der Waals surface area contributed by atoms with Crippen molar-refractivity contribution in [3.05, 3.63) is 48.0 Å². The molecule has 0 spiro atoms. The third kappa shape index (κ3) is 4.23. The summed E-state index contributed by atoms with van der Waals surface area (Å²) in [5.41, 5.74) is 1.88. The minimum atomic E-state index is -0.562. The zero-order valence-electron chi connectivity index (χ0n) is 14.3. The average Bonchev–Trinajstić information content (AvgIpc) is 3.04. The molecular weight excluding hydrogens is 340 g/mol. The number of rotatable bonds is 7. The number of aromatic nitrogens is 2. The quantitative estimate of drug-likeness (QED) is 0.619. The summed E-state index contributed by atoms with van der Waals surface area (Å²) in [6.45, 7) is 3.09. The molecule has 0 saturated carbocycles. The van der Waals surface area contributed by atoms with E-state index in [9.17, 15) is 13.6 Å². The molecule has 1 heterocycles. The summed E-state index contributed by atoms with van der Waals surface area (Å²) < 4.78 is 32.5. The van der Waals surface area contributed by atoms with Crippen LogP contribution in [0.25, 0.3) is 22.4 Å². The molecule has 7 heteroatoms. The van der Waals surface area contributed by atoms with E-state index in [-0.39, 0.29) is 17.3 Å². The molecule has 2 aromatic carbocycles. The van der Waals surface area contributed by atoms with Crippen molar-refractivity contribution in [1.29, 1.82) is 0 Å². The van der Waals surface area contributed by atoms with Gasteiger partial charge in [0.2, 0.25) is 5.91 Å². The molecule has 5 nitrogen and oxygen atoms in total. The second-order valence-corrected chi connectivity index (χ2v) is 5.79. The van der Waals surface area contributed by atoms with Crippen molar-refractivity contribution in [2.24, 2.45) is 0 Å². The van der Waals surface area contributed by atoms with Crippen molar-refractivity contribution in [3.8, 4) is 11.4 Å². The number of benzene rings is 2. The normalized spacial score (nSPS) is 11.0. The van der Waals surface area contributed by atoms with Gasteiger partial charge in [-0.2, -0.15) is 0 Å². The van der Waals surface area contributed by atoms with E-state index in [1.165, 1.54) is 0 Å². The number of hydrogen-bond donors (Lipinski definition) is 2. The van der Waals surface area contributed by atoms with E-state index in [2.05, 4.69) is 15.3 Å². The van der Waals surface area contributed by atoms with E-state index in [0.29, 0.717) is 42.8 Å². The Morgan fingerprint density at radius 1 is 1.23 bits per heavy atom. The lowest BCUT2D eigenvalue weighted by Gasteiger charge is -2.05. The lowest BCUT2D eigenvalue weighted by atomic mass is 10.2. The summed E-state index contributed by atoms with van der Waals surface area (Å²) in [6, 6.07) is 8.35. The fourth-order valence-electron chi connectivity index (χ4n) is 2.60. The van der Waals surface area contributed by atoms with Gasteiger partial charge in [0.15, 0.2) is 0 Å². The van der Waals surface area contributed by atoms with Crippen LogP contribution >= 0.6 is 0 Å². The van der Waals surface area contributed by atoms with Crippen LogP contribution in [0.15, 0.2) is 36.4 Å². The van der Waals surface area contributed by atoms with Crippen LogP contribution in [0.3, 0.4) is 0 Å². The molecule has 1 aromatic heterocycles. The highest BCUT2D eigenvalue weighted by molar-refractivity contribution is 5.93. The number of aromatic amines is 1. The maximum absolute atomic E-state index is 13.9. The van der Waals surface area contributed by atoms with Gasteiger partial charge in [-0.05, 0) is 49.7 Å². The van der Waals surface area contributed by atoms with Gasteiger partial charge in [-0.3, -0.25) is 4.79 Å². The molecule has 0 atom stereocenters. The SMILES string of the molecule is CCOCCCC(=O)Nc1ccc2nc(-c3cc(F)ccc3F)[nH]c2c1. The van der Waals surface area contributed by atoms with Gasteiger partial charge >= 0.3 is 0 Å². The van der Waals surface area contributed by atoms with Crippen molar-refractivity contribution < 1.29 is 18.3 Å². The Kier molecular flexibility index (Phi) is 5.58. The number of imidazole rings is 1. The van der Waals surface area contributed by atoms with E-state index < -0.39 is 11.6 Å². The Bertz CT molecular complexity index is 924. The van der Waals surface area contributed by atoms with Gasteiger partial charge < -0.3 is 15.0 Å². The van der Waals surface area contributed by atoms with Crippen molar-refractivity contribution >= 4 is 22.6 Å². The van der Waals surface area contributed by atoms with Crippen LogP contribution in [-0.2, 0) is 9.53 Å². The van der Waals surface area contributed by atoms with Gasteiger partial charge in [0.05, 0.1) is 16.6 Å². The Balaban J connectivity index is 1.75. The highest BCUT2D eigenvalue weighted by Gasteiger charge is 2.12. The topological polar surface area (TPSA) is 67.0 Å². The van der Waals surface area contributed by atoms with Gasteiger partial charge in [0.25, 0.3) is 0 Å². The summed E-state index contributed by atoms with van der Waals surface area (Å²) in [4.78, 5) is 19.2. The number of ether oxygens (including phenoxy) is 1. The lowest BCUT2D eigenvalue weighted by Crippen LogP contribution is -2.12. The Hall–Kier alpha value is -2.80. The minimum Gasteiger partial charge on any atom is -0.382 e. The summed E-state index contributed by atoms with van der Waals surface area (Å²) in [5.74, 6) is -0.979. The molecular formula is C19H19F2N3O2. The first-order valence-electron chi connectivity index (χ1n) is 8.39. The lowest BCUT2D eigenvalue weighted by molar-refractivity contribution is -0.116. The predicted octanol–water partition coefficient (Wildman–Crippen LogP) is 4.26. The number of nitrogens with one attached hydrogen (secondary N) is 2. The monoisotopic (exact) mass is 359 g/mol. The third-order valence-electron chi connectivity index (χ3n) is 3.85. The maximum atomic E-state index is 13.9. The van der Waals surface area contributed by atoms with E-state index in [0.717, 1.165) is 18.2 Å². The molecule has 0 aliphatic rings. The van der Waals surface area contributed by atoms with Gasteiger partial charge in [-0.25, -0.2) is 13.8 Å². The smallest absolute Gasteiger partial charge is 0.224 e. The van der Waals surface area contributed by atoms with Crippen LogP contribution in [0.2, 0.25) is 0 Å². The second-order valence-electron chi connectivity index (χ2n) is 5.79. The van der Waals surface area contributed by atoms with Gasteiger partial charge in [0, 0.05) is 25.3 Å². The molecule has 2 N–H and O–H groups in total. The van der Waals surface area contributed by atoms with E-state index in [1.54, 1.807) is 18.2 Å². The van der Waals surface area contributed by atoms with Crippen molar-refractivity contribution in [2.75, 3.05) is 18.5 Å². The molecule has 3 rings (SSSR count). The number of carbonyl (C=O) groups excluding carboxylic acids is 1. The van der Waals surface area contributed by atoms with Crippen LogP contribution in [0.5, 0.6) is 0 Å². The first-order chi connectivity index (χ1) is 12.6. The number of halogens is 2. The van der Waals surface area contributed by atoms with Crippen LogP contribution in [0.1, 0.15) is 19.8 Å². The number of amides is 1. The summed E-state index contributed by atoms with van der Waals surface area (Å²) in [6.07, 6.45) is 1.01. The molecule has 0 fully saturated rings. The Morgan fingerprint density at radius 2 is 2.08 bits per heavy atom. The van der Waals surface area contributed by atoms with Crippen LogP contribution in [0, 0.1) is 11.6 Å². The van der Waals surface area contributed by atoms with E-state index >= 15 is 0 Å². The second kappa shape index (κ2) is 8.05. The summed E-state index contributed by atoms with van der Waals surface area (Å²) in [7, 11) is 0. The maximum Gasteiger partial charge on any atom is 0.224 e. The highest BCUT2D eigenvalue weighted by Crippen LogP contribution is 2.25. The largest absolute Gasteiger partial charge is 0.382 e. The molecule has 0 bridgehead atoms. The highest BCUT2D eigenvalue weighted by atomic mass is 19.1. The molecule has 3 aromatic rings. The molecule has 0 saturated heterocycles. The Labute approximate surface area is 149 Å². The third-order valence-corrected chi connectivity index (χ3v) is 3.85. The van der Waals surface area contributed by atoms with Crippen LogP contribution in [-0.4, -0.2) is 29.1 Å². The number of nitrogens with zero attached hydrogens (tertiary/aromatic N) is 1.